The summed E-state index contributed by atoms with van der Waals surface area (Å²) in [6, 6.07) is 1.36. The fraction of sp³-hybridized carbons (Fsp3) is 0.636. The van der Waals surface area contributed by atoms with Crippen LogP contribution in [-0.4, -0.2) is 70.3 Å². The predicted octanol–water partition coefficient (Wildman–Crippen LogP) is -0.805. The third-order valence-electron chi connectivity index (χ3n) is 4.04. The Hall–Kier alpha value is -1.52. The van der Waals surface area contributed by atoms with Gasteiger partial charge in [0.05, 0.1) is 13.2 Å². The van der Waals surface area contributed by atoms with E-state index in [1.54, 1.807) is 0 Å². The number of azide groups is 1. The molecular weight excluding hydrogens is 519 g/mol. The highest BCUT2D eigenvalue weighted by atomic mass is 31.3. The van der Waals surface area contributed by atoms with Gasteiger partial charge in [-0.1, -0.05) is 5.11 Å². The second-order valence-corrected chi connectivity index (χ2v) is 10.9. The van der Waals surface area contributed by atoms with Gasteiger partial charge in [0.2, 0.25) is 0 Å². The molecule has 0 aliphatic carbocycles. The van der Waals surface area contributed by atoms with Crippen LogP contribution in [0.5, 0.6) is 0 Å². The average Bonchev–Trinajstić information content (AvgIpc) is 2.88. The minimum atomic E-state index is -5.83. The van der Waals surface area contributed by atoms with Crippen molar-refractivity contribution in [3.63, 3.8) is 0 Å². The molecule has 2 unspecified atom stereocenters. The monoisotopic (exact) mass is 537 g/mol. The number of hydrogen-bond acceptors (Lipinski definition) is 12. The molecule has 1 aliphatic rings. The normalized spacial score (nSPS) is 29.1. The van der Waals surface area contributed by atoms with Crippen LogP contribution < -0.4 is 5.69 Å². The molecule has 1 saturated heterocycles. The molecule has 0 spiro atoms. The maximum Gasteiger partial charge on any atom is 0.490 e. The molecule has 6 atom stereocenters. The Morgan fingerprint density at radius 3 is 2.42 bits per heavy atom. The van der Waals surface area contributed by atoms with Gasteiger partial charge in [0.25, 0.3) is 0 Å². The van der Waals surface area contributed by atoms with Crippen molar-refractivity contribution in [2.75, 3.05) is 13.2 Å². The molecule has 0 saturated carbocycles. The van der Waals surface area contributed by atoms with E-state index in [1.807, 2.05) is 0 Å². The third kappa shape index (κ3) is 7.23. The Kier molecular flexibility index (Phi) is 8.40. The van der Waals surface area contributed by atoms with Gasteiger partial charge in [0.1, 0.15) is 17.8 Å². The van der Waals surface area contributed by atoms with Crippen molar-refractivity contribution >= 4 is 23.5 Å². The summed E-state index contributed by atoms with van der Waals surface area (Å²) in [4.78, 5) is 54.1. The summed E-state index contributed by atoms with van der Waals surface area (Å²) in [6.07, 6.45) is -4.38. The maximum absolute atomic E-state index is 12.1. The number of aliphatic hydroxyl groups is 2. The molecule has 33 heavy (non-hydrogen) atoms. The Bertz CT molecular complexity index is 1130. The first-order valence-electron chi connectivity index (χ1n) is 8.40. The van der Waals surface area contributed by atoms with Gasteiger partial charge in [0, 0.05) is 16.8 Å². The number of nitrogens with zero attached hydrogens (tertiary/aromatic N) is 5. The first-order valence-corrected chi connectivity index (χ1v) is 12.9. The molecule has 1 fully saturated rings. The van der Waals surface area contributed by atoms with Crippen molar-refractivity contribution < 1.29 is 61.4 Å². The minimum absolute atomic E-state index is 0.317. The number of rotatable bonds is 10. The van der Waals surface area contributed by atoms with Gasteiger partial charge in [-0.3, -0.25) is 9.09 Å². The largest absolute Gasteiger partial charge is 0.490 e. The predicted molar refractivity (Wildman–Crippen MR) is 102 cm³/mol. The van der Waals surface area contributed by atoms with Gasteiger partial charge in [-0.25, -0.2) is 18.5 Å². The molecule has 0 radical (unpaired) electrons. The number of phosphoric acid groups is 3. The van der Waals surface area contributed by atoms with Crippen molar-refractivity contribution in [2.45, 2.75) is 31.0 Å². The molecule has 2 heterocycles. The summed E-state index contributed by atoms with van der Waals surface area (Å²) in [5.41, 5.74) is 5.72. The van der Waals surface area contributed by atoms with Crippen molar-refractivity contribution in [1.82, 2.24) is 9.55 Å². The third-order valence-corrected chi connectivity index (χ3v) is 7.83. The zero-order valence-corrected chi connectivity index (χ0v) is 19.0. The lowest BCUT2D eigenvalue weighted by molar-refractivity contribution is -0.121. The highest BCUT2D eigenvalue weighted by molar-refractivity contribution is 7.66. The Morgan fingerprint density at radius 1 is 1.24 bits per heavy atom. The lowest BCUT2D eigenvalue weighted by atomic mass is 9.96. The van der Waals surface area contributed by atoms with E-state index in [0.29, 0.717) is 5.69 Å². The van der Waals surface area contributed by atoms with Crippen molar-refractivity contribution in [2.24, 2.45) is 5.11 Å². The van der Waals surface area contributed by atoms with Crippen LogP contribution in [-0.2, 0) is 31.6 Å². The van der Waals surface area contributed by atoms with Gasteiger partial charge in [-0.15, -0.1) is 0 Å². The van der Waals surface area contributed by atoms with Crippen LogP contribution in [0, 0.1) is 6.92 Å². The number of ether oxygens (including phenoxy) is 1. The summed E-state index contributed by atoms with van der Waals surface area (Å²) in [7, 11) is -17.1. The molecule has 1 aromatic rings. The van der Waals surface area contributed by atoms with Crippen LogP contribution in [0.15, 0.2) is 22.2 Å². The van der Waals surface area contributed by atoms with Crippen LogP contribution in [0.2, 0.25) is 0 Å². The Balaban J connectivity index is 2.30. The molecule has 0 bridgehead atoms. The van der Waals surface area contributed by atoms with E-state index in [-0.39, 0.29) is 0 Å². The maximum atomic E-state index is 12.1. The Labute approximate surface area is 183 Å². The highest BCUT2D eigenvalue weighted by Crippen LogP contribution is 2.66. The van der Waals surface area contributed by atoms with E-state index in [0.717, 1.165) is 10.8 Å². The standard InChI is InChI=1S/C11H18N5O14P3/c1-6-2-3-16(10(19)14-6)9-7(17)8(18)11(28-9,4-13-15-12)5-27-32(23,24)30-33(25,26)29-31(20,21)22/h2-3,7-9,17-18H,4-5H2,1H3,(H,23,24)(H,25,26)(H2,20,21,22)/t7-,8+,9-,11-/m1/s1. The minimum Gasteiger partial charge on any atom is -0.387 e. The number of aliphatic hydroxyl groups excluding tert-OH is 2. The summed E-state index contributed by atoms with van der Waals surface area (Å²) >= 11 is 0. The molecule has 1 aromatic heterocycles. The molecule has 22 heteroatoms. The van der Waals surface area contributed by atoms with Crippen LogP contribution in [0.3, 0.4) is 0 Å². The fourth-order valence-electron chi connectivity index (χ4n) is 2.70. The number of aryl methyl sites for hydroxylation is 1. The molecule has 0 aromatic carbocycles. The van der Waals surface area contributed by atoms with Gasteiger partial charge >= 0.3 is 29.2 Å². The molecule has 6 N–H and O–H groups in total. The van der Waals surface area contributed by atoms with Crippen LogP contribution >= 0.6 is 23.5 Å². The quantitative estimate of drug-likeness (QED) is 0.0921. The first-order chi connectivity index (χ1) is 15.0. The van der Waals surface area contributed by atoms with Gasteiger partial charge in [-0.05, 0) is 18.5 Å². The van der Waals surface area contributed by atoms with E-state index in [2.05, 4.69) is 28.2 Å². The van der Waals surface area contributed by atoms with Gasteiger partial charge < -0.3 is 34.5 Å². The zero-order valence-electron chi connectivity index (χ0n) is 16.3. The molecule has 1 aliphatic heterocycles. The van der Waals surface area contributed by atoms with E-state index in [4.69, 9.17) is 20.1 Å². The van der Waals surface area contributed by atoms with E-state index < -0.39 is 66.3 Å². The van der Waals surface area contributed by atoms with Gasteiger partial charge in [0.15, 0.2) is 6.23 Å². The highest BCUT2D eigenvalue weighted by Gasteiger charge is 2.56. The molecule has 0 amide bonds. The average molecular weight is 537 g/mol. The van der Waals surface area contributed by atoms with Crippen molar-refractivity contribution in [3.8, 4) is 0 Å². The topological polar surface area (TPSA) is 293 Å². The lowest BCUT2D eigenvalue weighted by Crippen LogP contribution is -2.49. The molecule has 19 nitrogen and oxygen atoms in total. The summed E-state index contributed by atoms with van der Waals surface area (Å²) < 4.78 is 51.9. The van der Waals surface area contributed by atoms with Crippen LogP contribution in [0.25, 0.3) is 10.4 Å². The molecule has 2 rings (SSSR count). The van der Waals surface area contributed by atoms with Crippen molar-refractivity contribution in [3.05, 3.63) is 38.9 Å². The van der Waals surface area contributed by atoms with Crippen molar-refractivity contribution in [1.29, 1.82) is 0 Å². The van der Waals surface area contributed by atoms with E-state index >= 15 is 0 Å². The smallest absolute Gasteiger partial charge is 0.387 e. The number of aromatic nitrogens is 2. The van der Waals surface area contributed by atoms with Gasteiger partial charge in [-0.2, -0.15) is 13.6 Å². The summed E-state index contributed by atoms with van der Waals surface area (Å²) in [6.45, 7) is -0.596. The van der Waals surface area contributed by atoms with Crippen LogP contribution in [0.1, 0.15) is 11.9 Å². The molecule has 186 valence electrons. The Morgan fingerprint density at radius 2 is 1.88 bits per heavy atom. The number of hydrogen-bond donors (Lipinski definition) is 6. The fourth-order valence-corrected chi connectivity index (χ4v) is 5.78. The summed E-state index contributed by atoms with van der Waals surface area (Å²) in [5.74, 6) is 0. The zero-order chi connectivity index (χ0) is 25.2. The molecular formula is C11H18N5O14P3. The second-order valence-electron chi connectivity index (χ2n) is 6.52. The second kappa shape index (κ2) is 10.00. The first kappa shape index (κ1) is 27.7. The number of phosphoric ester groups is 1. The summed E-state index contributed by atoms with van der Waals surface area (Å²) in [5, 5.41) is 24.0. The van der Waals surface area contributed by atoms with Crippen LogP contribution in [0.4, 0.5) is 0 Å². The SMILES string of the molecule is Cc1ccn([C@@H]2O[C@](CN=[N+]=[N-])(COP(=O)(O)OP(=O)(O)OP(=O)(O)O)[C@@H](O)[C@H]2O)c(=O)n1. The van der Waals surface area contributed by atoms with E-state index in [9.17, 15) is 38.5 Å². The lowest BCUT2D eigenvalue weighted by Gasteiger charge is -2.30. The van der Waals surface area contributed by atoms with E-state index in [1.165, 1.54) is 13.0 Å².